The Morgan fingerprint density at radius 3 is 2.40 bits per heavy atom. The van der Waals surface area contributed by atoms with Crippen LogP contribution in [0, 0.1) is 5.92 Å². The van der Waals surface area contributed by atoms with E-state index in [2.05, 4.69) is 15.2 Å². The van der Waals surface area contributed by atoms with Crippen molar-refractivity contribution in [1.29, 1.82) is 0 Å². The van der Waals surface area contributed by atoms with E-state index in [0.29, 0.717) is 59.9 Å². The average molecular weight is 709 g/mol. The first-order valence-corrected chi connectivity index (χ1v) is 18.6. The number of amides is 1. The van der Waals surface area contributed by atoms with E-state index in [9.17, 15) is 24.6 Å². The van der Waals surface area contributed by atoms with E-state index in [1.165, 1.54) is 12.1 Å². The van der Waals surface area contributed by atoms with Gasteiger partial charge in [0, 0.05) is 43.2 Å². The number of aromatic hydroxyl groups is 1. The lowest BCUT2D eigenvalue weighted by Crippen LogP contribution is -2.66. The fourth-order valence-corrected chi connectivity index (χ4v) is 7.90. The second kappa shape index (κ2) is 15.9. The van der Waals surface area contributed by atoms with Crippen molar-refractivity contribution < 1.29 is 29.3 Å². The summed E-state index contributed by atoms with van der Waals surface area (Å²) in [5, 5.41) is 24.7. The third-order valence-corrected chi connectivity index (χ3v) is 11.0. The fourth-order valence-electron chi connectivity index (χ4n) is 7.90. The Kier molecular flexibility index (Phi) is 10.9. The average Bonchev–Trinajstić information content (AvgIpc) is 3.15. The molecule has 4 fully saturated rings. The number of aromatic amines is 1. The number of carbonyl (C=O) groups is 2. The van der Waals surface area contributed by atoms with Gasteiger partial charge in [-0.3, -0.25) is 19.3 Å². The molecule has 0 radical (unpaired) electrons. The molecule has 11 nitrogen and oxygen atoms in total. The summed E-state index contributed by atoms with van der Waals surface area (Å²) in [5.74, 6) is 0.774. The van der Waals surface area contributed by atoms with Crippen LogP contribution in [0.25, 0.3) is 10.9 Å². The molecular weight excluding hydrogens is 660 g/mol. The third-order valence-electron chi connectivity index (χ3n) is 11.0. The maximum atomic E-state index is 13.8. The molecule has 274 valence electrons. The van der Waals surface area contributed by atoms with Crippen LogP contribution >= 0.6 is 0 Å². The summed E-state index contributed by atoms with van der Waals surface area (Å²) in [6, 6.07) is 23.1. The number of fused-ring (bicyclic) bond motifs is 4. The summed E-state index contributed by atoms with van der Waals surface area (Å²) in [7, 11) is 0. The summed E-state index contributed by atoms with van der Waals surface area (Å²) in [5.41, 5.74) is 1.27. The number of piperidine rings is 3. The van der Waals surface area contributed by atoms with Crippen LogP contribution in [0.2, 0.25) is 0 Å². The van der Waals surface area contributed by atoms with E-state index < -0.39 is 11.5 Å². The number of H-pyrrole nitrogens is 1. The highest BCUT2D eigenvalue weighted by atomic mass is 16.5. The first-order chi connectivity index (χ1) is 25.3. The van der Waals surface area contributed by atoms with Crippen LogP contribution in [0.5, 0.6) is 11.5 Å². The van der Waals surface area contributed by atoms with Gasteiger partial charge in [-0.05, 0) is 98.8 Å². The van der Waals surface area contributed by atoms with Crippen LogP contribution in [-0.2, 0) is 14.9 Å². The number of nitrogens with one attached hydrogen (secondary N) is 2. The van der Waals surface area contributed by atoms with E-state index in [1.807, 2.05) is 42.5 Å². The Bertz CT molecular complexity index is 1900. The molecule has 4 aromatic rings. The smallest absolute Gasteiger partial charge is 0.320 e. The van der Waals surface area contributed by atoms with Crippen molar-refractivity contribution in [1.82, 2.24) is 20.1 Å². The molecule has 4 saturated heterocycles. The molecule has 3 aromatic carbocycles. The zero-order valence-electron chi connectivity index (χ0n) is 29.5. The quantitative estimate of drug-likeness (QED) is 0.104. The summed E-state index contributed by atoms with van der Waals surface area (Å²) < 4.78 is 12.1. The van der Waals surface area contributed by atoms with E-state index in [0.717, 1.165) is 70.3 Å². The molecule has 11 heteroatoms. The van der Waals surface area contributed by atoms with Crippen LogP contribution in [0.15, 0.2) is 83.7 Å². The van der Waals surface area contributed by atoms with Gasteiger partial charge in [-0.1, -0.05) is 49.2 Å². The van der Waals surface area contributed by atoms with Crippen molar-refractivity contribution in [3.63, 3.8) is 0 Å². The highest BCUT2D eigenvalue weighted by molar-refractivity contribution is 5.98. The van der Waals surface area contributed by atoms with Gasteiger partial charge in [-0.15, -0.1) is 0 Å². The van der Waals surface area contributed by atoms with Crippen LogP contribution in [0.3, 0.4) is 0 Å². The zero-order valence-corrected chi connectivity index (χ0v) is 29.5. The molecule has 0 spiro atoms. The van der Waals surface area contributed by atoms with Crippen LogP contribution in [-0.4, -0.2) is 95.4 Å². The number of pyridine rings is 1. The fraction of sp³-hybridized carbons (Fsp3) is 0.439. The normalized spacial score (nSPS) is 21.0. The lowest BCUT2D eigenvalue weighted by molar-refractivity contribution is -0.171. The van der Waals surface area contributed by atoms with Crippen molar-refractivity contribution in [3.05, 3.63) is 106 Å². The first-order valence-electron chi connectivity index (χ1n) is 18.6. The van der Waals surface area contributed by atoms with Gasteiger partial charge in [-0.25, -0.2) is 0 Å². The van der Waals surface area contributed by atoms with Crippen molar-refractivity contribution in [2.45, 2.75) is 56.1 Å². The lowest BCUT2D eigenvalue weighted by Gasteiger charge is -2.50. The minimum Gasteiger partial charge on any atom is -0.506 e. The molecule has 5 heterocycles. The number of nitrogens with zero attached hydrogens (tertiary/aromatic N) is 2. The predicted octanol–water partition coefficient (Wildman–Crippen LogP) is 4.53. The number of benzene rings is 3. The number of phenols is 1. The van der Waals surface area contributed by atoms with Gasteiger partial charge in [-0.2, -0.15) is 0 Å². The van der Waals surface area contributed by atoms with Gasteiger partial charge in [0.2, 0.25) is 5.56 Å². The molecule has 2 bridgehead atoms. The minimum atomic E-state index is -0.851. The molecule has 4 aliphatic rings. The van der Waals surface area contributed by atoms with Gasteiger partial charge in [0.05, 0.1) is 18.2 Å². The van der Waals surface area contributed by atoms with Crippen molar-refractivity contribution in [2.24, 2.45) is 5.92 Å². The molecular formula is C41H48N4O7. The number of aromatic nitrogens is 1. The Balaban J connectivity index is 0.813. The molecule has 1 unspecified atom stereocenters. The van der Waals surface area contributed by atoms with Gasteiger partial charge in [0.1, 0.15) is 23.0 Å². The number of phenolic OH excluding ortho intramolecular Hbond substituents is 1. The van der Waals surface area contributed by atoms with Crippen molar-refractivity contribution >= 4 is 22.8 Å². The van der Waals surface area contributed by atoms with Gasteiger partial charge in [0.15, 0.2) is 0 Å². The second-order valence-electron chi connectivity index (χ2n) is 14.5. The van der Waals surface area contributed by atoms with Crippen LogP contribution < -0.4 is 15.6 Å². The highest BCUT2D eigenvalue weighted by Gasteiger charge is 2.54. The Morgan fingerprint density at radius 1 is 0.923 bits per heavy atom. The predicted molar refractivity (Wildman–Crippen MR) is 198 cm³/mol. The number of esters is 1. The lowest BCUT2D eigenvalue weighted by atomic mass is 9.73. The number of hydrogen-bond acceptors (Lipinski definition) is 9. The van der Waals surface area contributed by atoms with E-state index in [4.69, 9.17) is 9.47 Å². The number of unbranched alkanes of at least 4 members (excludes halogenated alkanes) is 3. The summed E-state index contributed by atoms with van der Waals surface area (Å²) in [6.45, 7) is 5.24. The molecule has 0 aliphatic carbocycles. The minimum absolute atomic E-state index is 0.0270. The number of likely N-dealkylation sites (tertiary alicyclic amines) is 1. The Labute approximate surface area is 303 Å². The van der Waals surface area contributed by atoms with E-state index in [1.54, 1.807) is 29.2 Å². The summed E-state index contributed by atoms with van der Waals surface area (Å²) in [6.07, 6.45) is 5.14. The van der Waals surface area contributed by atoms with E-state index in [-0.39, 0.29) is 29.3 Å². The first kappa shape index (κ1) is 35.7. The maximum absolute atomic E-state index is 13.8. The number of hydrogen-bond donors (Lipinski definition) is 4. The molecule has 8 rings (SSSR count). The molecule has 1 aromatic heterocycles. The number of carbonyl (C=O) groups excluding carboxylic acids is 2. The topological polar surface area (TPSA) is 144 Å². The summed E-state index contributed by atoms with van der Waals surface area (Å²) in [4.78, 5) is 45.6. The molecule has 52 heavy (non-hydrogen) atoms. The Hall–Kier alpha value is -4.71. The SMILES string of the molecule is O=C(c1ccc(OCCCCCCNCC(O)c2ccc(O)c3[nH]c(=O)ccc23)cc1)N1CC(C(=O)O[C@H]2CN3CCC2CC3)(c2ccccc2)C1. The number of aliphatic hydroxyl groups is 1. The van der Waals surface area contributed by atoms with Crippen molar-refractivity contribution in [2.75, 3.05) is 52.4 Å². The Morgan fingerprint density at radius 2 is 1.67 bits per heavy atom. The monoisotopic (exact) mass is 708 g/mol. The molecule has 0 saturated carbocycles. The van der Waals surface area contributed by atoms with E-state index >= 15 is 0 Å². The summed E-state index contributed by atoms with van der Waals surface area (Å²) >= 11 is 0. The third kappa shape index (κ3) is 7.72. The maximum Gasteiger partial charge on any atom is 0.320 e. The van der Waals surface area contributed by atoms with Crippen LogP contribution in [0.1, 0.15) is 66.1 Å². The number of rotatable bonds is 15. The molecule has 4 N–H and O–H groups in total. The molecule has 4 aliphatic heterocycles. The van der Waals surface area contributed by atoms with Crippen molar-refractivity contribution in [3.8, 4) is 11.5 Å². The largest absolute Gasteiger partial charge is 0.506 e. The molecule has 1 amide bonds. The second-order valence-corrected chi connectivity index (χ2v) is 14.5. The number of aliphatic hydroxyl groups excluding tert-OH is 1. The van der Waals surface area contributed by atoms with Gasteiger partial charge < -0.3 is 34.9 Å². The molecule has 2 atom stereocenters. The highest BCUT2D eigenvalue weighted by Crippen LogP contribution is 2.39. The number of ether oxygens (including phenoxy) is 2. The van der Waals surface area contributed by atoms with Gasteiger partial charge >= 0.3 is 5.97 Å². The standard InChI is InChI=1S/C41H48N4O7/c46-34-16-14-32(33-15-17-37(48)43-38(33)34)35(47)24-42-20-6-1-2-7-23-51-31-12-10-29(11-13-31)39(49)45-26-41(27-45,30-8-4-3-5-9-30)40(50)52-36-25-44-21-18-28(36)19-22-44/h3-5,8-17,28,35-36,42,46-47H,1-2,6-7,18-27H2,(H,43,48)/t35?,36-/m0/s1. The zero-order chi connectivity index (χ0) is 36.1. The van der Waals surface area contributed by atoms with Crippen LogP contribution in [0.4, 0.5) is 0 Å². The van der Waals surface area contributed by atoms with Gasteiger partial charge in [0.25, 0.3) is 5.91 Å².